The summed E-state index contributed by atoms with van der Waals surface area (Å²) in [6.45, 7) is 2.32. The van der Waals surface area contributed by atoms with E-state index in [0.29, 0.717) is 13.0 Å². The van der Waals surface area contributed by atoms with E-state index >= 15 is 0 Å². The average Bonchev–Trinajstić information content (AvgIpc) is 3.23. The second-order valence-electron chi connectivity index (χ2n) is 6.40. The number of rotatable bonds is 4. The first-order valence-corrected chi connectivity index (χ1v) is 9.90. The molecule has 0 saturated carbocycles. The number of H-pyrrole nitrogens is 1. The number of aromatic amines is 1. The van der Waals surface area contributed by atoms with Crippen LogP contribution in [0.4, 0.5) is 5.69 Å². The quantitative estimate of drug-likeness (QED) is 0.741. The molecule has 2 heterocycles. The lowest BCUT2D eigenvalue weighted by atomic mass is 10.2. The lowest BCUT2D eigenvalue weighted by Gasteiger charge is -2.15. The Morgan fingerprint density at radius 1 is 1.23 bits per heavy atom. The standard InChI is InChI=1S/C19H19N3O3S/c1-13(23)22-9-8-14-10-16(6-7-19(14)22)26(24,25)21-12-15-11-20-18-5-3-2-4-17(15)18/h2-7,10-11,20-21H,8-9,12H2,1H3. The van der Waals surface area contributed by atoms with Gasteiger partial charge in [-0.2, -0.15) is 0 Å². The second-order valence-corrected chi connectivity index (χ2v) is 8.16. The van der Waals surface area contributed by atoms with E-state index in [9.17, 15) is 13.2 Å². The van der Waals surface area contributed by atoms with Gasteiger partial charge in [0, 0.05) is 42.8 Å². The van der Waals surface area contributed by atoms with Crippen molar-refractivity contribution in [3.05, 3.63) is 59.8 Å². The van der Waals surface area contributed by atoms with Gasteiger partial charge in [0.25, 0.3) is 0 Å². The van der Waals surface area contributed by atoms with E-state index in [4.69, 9.17) is 0 Å². The van der Waals surface area contributed by atoms with Gasteiger partial charge in [-0.25, -0.2) is 13.1 Å². The fraction of sp³-hybridized carbons (Fsp3) is 0.211. The minimum Gasteiger partial charge on any atom is -0.361 e. The molecule has 2 N–H and O–H groups in total. The highest BCUT2D eigenvalue weighted by Crippen LogP contribution is 2.30. The van der Waals surface area contributed by atoms with E-state index in [0.717, 1.165) is 27.7 Å². The van der Waals surface area contributed by atoms with Crippen molar-refractivity contribution >= 4 is 32.5 Å². The monoisotopic (exact) mass is 369 g/mol. The van der Waals surface area contributed by atoms with Crippen LogP contribution in [0.2, 0.25) is 0 Å². The van der Waals surface area contributed by atoms with Crippen molar-refractivity contribution in [1.82, 2.24) is 9.71 Å². The third-order valence-electron chi connectivity index (χ3n) is 4.76. The maximum Gasteiger partial charge on any atom is 0.240 e. The first-order valence-electron chi connectivity index (χ1n) is 8.41. The third kappa shape index (κ3) is 2.89. The van der Waals surface area contributed by atoms with Gasteiger partial charge < -0.3 is 9.88 Å². The summed E-state index contributed by atoms with van der Waals surface area (Å²) in [7, 11) is -3.63. The lowest BCUT2D eigenvalue weighted by molar-refractivity contribution is -0.116. The molecule has 4 rings (SSSR count). The Bertz CT molecular complexity index is 1100. The van der Waals surface area contributed by atoms with Crippen LogP contribution in [0, 0.1) is 0 Å². The molecule has 0 spiro atoms. The van der Waals surface area contributed by atoms with Crippen LogP contribution in [-0.2, 0) is 27.8 Å². The van der Waals surface area contributed by atoms with Gasteiger partial charge in [-0.15, -0.1) is 0 Å². The molecule has 0 saturated heterocycles. The summed E-state index contributed by atoms with van der Waals surface area (Å²) in [6, 6.07) is 12.7. The number of amides is 1. The summed E-state index contributed by atoms with van der Waals surface area (Å²) in [5.74, 6) is -0.0307. The Kier molecular flexibility index (Phi) is 4.05. The van der Waals surface area contributed by atoms with Gasteiger partial charge in [-0.3, -0.25) is 4.79 Å². The van der Waals surface area contributed by atoms with E-state index in [1.54, 1.807) is 23.1 Å². The van der Waals surface area contributed by atoms with Crippen molar-refractivity contribution in [3.63, 3.8) is 0 Å². The minimum atomic E-state index is -3.63. The minimum absolute atomic E-state index is 0.0307. The molecule has 1 aliphatic rings. The number of anilines is 1. The Labute approximate surface area is 151 Å². The van der Waals surface area contributed by atoms with Gasteiger partial charge in [0.05, 0.1) is 4.90 Å². The van der Waals surface area contributed by atoms with E-state index in [2.05, 4.69) is 9.71 Å². The van der Waals surface area contributed by atoms with E-state index in [1.807, 2.05) is 30.5 Å². The van der Waals surface area contributed by atoms with Crippen molar-refractivity contribution in [2.45, 2.75) is 24.8 Å². The molecule has 26 heavy (non-hydrogen) atoms. The zero-order chi connectivity index (χ0) is 18.3. The predicted molar refractivity (Wildman–Crippen MR) is 100 cm³/mol. The molecule has 0 unspecified atom stereocenters. The Hall–Kier alpha value is -2.64. The zero-order valence-electron chi connectivity index (χ0n) is 14.3. The number of sulfonamides is 1. The molecular weight excluding hydrogens is 350 g/mol. The summed E-state index contributed by atoms with van der Waals surface area (Å²) < 4.78 is 28.0. The molecular formula is C19H19N3O3S. The van der Waals surface area contributed by atoms with Crippen LogP contribution in [0.1, 0.15) is 18.1 Å². The number of fused-ring (bicyclic) bond motifs is 2. The zero-order valence-corrected chi connectivity index (χ0v) is 15.1. The highest BCUT2D eigenvalue weighted by atomic mass is 32.2. The van der Waals surface area contributed by atoms with Crippen LogP contribution in [-0.4, -0.2) is 25.9 Å². The number of carbonyl (C=O) groups excluding carboxylic acids is 1. The SMILES string of the molecule is CC(=O)N1CCc2cc(S(=O)(=O)NCc3c[nH]c4ccccc34)ccc21. The second kappa shape index (κ2) is 6.26. The molecule has 0 bridgehead atoms. The number of aromatic nitrogens is 1. The molecule has 0 aliphatic carbocycles. The molecule has 0 fully saturated rings. The van der Waals surface area contributed by atoms with Crippen LogP contribution >= 0.6 is 0 Å². The molecule has 3 aromatic rings. The van der Waals surface area contributed by atoms with Crippen LogP contribution in [0.3, 0.4) is 0 Å². The summed E-state index contributed by atoms with van der Waals surface area (Å²) in [5, 5.41) is 1.00. The average molecular weight is 369 g/mol. The first-order chi connectivity index (χ1) is 12.5. The number of nitrogens with one attached hydrogen (secondary N) is 2. The third-order valence-corrected chi connectivity index (χ3v) is 6.16. The number of benzene rings is 2. The van der Waals surface area contributed by atoms with Crippen molar-refractivity contribution in [3.8, 4) is 0 Å². The topological polar surface area (TPSA) is 82.3 Å². The smallest absolute Gasteiger partial charge is 0.240 e. The van der Waals surface area contributed by atoms with E-state index in [1.165, 1.54) is 6.92 Å². The Balaban J connectivity index is 1.57. The number of para-hydroxylation sites is 1. The largest absolute Gasteiger partial charge is 0.361 e. The van der Waals surface area contributed by atoms with Gasteiger partial charge in [0.15, 0.2) is 0 Å². The fourth-order valence-electron chi connectivity index (χ4n) is 3.41. The summed E-state index contributed by atoms with van der Waals surface area (Å²) in [5.41, 5.74) is 3.56. The lowest BCUT2D eigenvalue weighted by Crippen LogP contribution is -2.26. The number of carbonyl (C=O) groups is 1. The predicted octanol–water partition coefficient (Wildman–Crippen LogP) is 2.56. The summed E-state index contributed by atoms with van der Waals surface area (Å²) >= 11 is 0. The normalized spacial score (nSPS) is 14.0. The summed E-state index contributed by atoms with van der Waals surface area (Å²) in [6.07, 6.45) is 2.49. The van der Waals surface area contributed by atoms with Gasteiger partial charge >= 0.3 is 0 Å². The molecule has 0 atom stereocenters. The van der Waals surface area contributed by atoms with Gasteiger partial charge in [-0.05, 0) is 41.8 Å². The van der Waals surface area contributed by atoms with Crippen molar-refractivity contribution in [2.75, 3.05) is 11.4 Å². The van der Waals surface area contributed by atoms with E-state index in [-0.39, 0.29) is 17.3 Å². The highest BCUT2D eigenvalue weighted by Gasteiger charge is 2.24. The van der Waals surface area contributed by atoms with Gasteiger partial charge in [0.1, 0.15) is 0 Å². The number of nitrogens with zero attached hydrogens (tertiary/aromatic N) is 1. The maximum absolute atomic E-state index is 12.7. The molecule has 0 radical (unpaired) electrons. The molecule has 1 aromatic heterocycles. The fourth-order valence-corrected chi connectivity index (χ4v) is 4.46. The van der Waals surface area contributed by atoms with Gasteiger partial charge in [-0.1, -0.05) is 18.2 Å². The Morgan fingerprint density at radius 2 is 2.04 bits per heavy atom. The van der Waals surface area contributed by atoms with Crippen LogP contribution in [0.25, 0.3) is 10.9 Å². The molecule has 134 valence electrons. The van der Waals surface area contributed by atoms with Crippen molar-refractivity contribution < 1.29 is 13.2 Å². The molecule has 2 aromatic carbocycles. The Morgan fingerprint density at radius 3 is 2.85 bits per heavy atom. The summed E-state index contributed by atoms with van der Waals surface area (Å²) in [4.78, 5) is 16.7. The molecule has 7 heteroatoms. The number of hydrogen-bond donors (Lipinski definition) is 2. The first kappa shape index (κ1) is 16.8. The van der Waals surface area contributed by atoms with Crippen LogP contribution in [0.5, 0.6) is 0 Å². The highest BCUT2D eigenvalue weighted by molar-refractivity contribution is 7.89. The van der Waals surface area contributed by atoms with Crippen LogP contribution < -0.4 is 9.62 Å². The van der Waals surface area contributed by atoms with Crippen molar-refractivity contribution in [1.29, 1.82) is 0 Å². The molecule has 6 nitrogen and oxygen atoms in total. The molecule has 1 amide bonds. The van der Waals surface area contributed by atoms with E-state index < -0.39 is 10.0 Å². The van der Waals surface area contributed by atoms with Crippen molar-refractivity contribution in [2.24, 2.45) is 0 Å². The molecule has 1 aliphatic heterocycles. The maximum atomic E-state index is 12.7. The van der Waals surface area contributed by atoms with Gasteiger partial charge in [0.2, 0.25) is 15.9 Å². The van der Waals surface area contributed by atoms with Crippen LogP contribution in [0.15, 0.2) is 53.6 Å². The number of hydrogen-bond acceptors (Lipinski definition) is 3.